The van der Waals surface area contributed by atoms with Crippen molar-refractivity contribution >= 4 is 27.7 Å². The summed E-state index contributed by atoms with van der Waals surface area (Å²) in [4.78, 5) is 11.0. The van der Waals surface area contributed by atoms with E-state index in [0.29, 0.717) is 9.39 Å². The standard InChI is InChI=1S/C11H16BrNO2S/c1-7(13-15)9(12)6-10(8(2)14)16-11(3,4)5/h6,14H,1H2,2-5H3/b9-6+,10-8-. The van der Waals surface area contributed by atoms with Crippen LogP contribution in [0.5, 0.6) is 0 Å². The molecule has 0 aromatic rings. The zero-order chi connectivity index (χ0) is 12.9. The van der Waals surface area contributed by atoms with Crippen molar-refractivity contribution in [3.63, 3.8) is 0 Å². The summed E-state index contributed by atoms with van der Waals surface area (Å²) in [5.74, 6) is 0.204. The van der Waals surface area contributed by atoms with Crippen LogP contribution >= 0.6 is 27.7 Å². The van der Waals surface area contributed by atoms with Crippen LogP contribution in [0.1, 0.15) is 27.7 Å². The smallest absolute Gasteiger partial charge is 0.115 e. The van der Waals surface area contributed by atoms with Crippen LogP contribution in [0.3, 0.4) is 0 Å². The third kappa shape index (κ3) is 6.12. The first kappa shape index (κ1) is 15.4. The molecule has 0 aliphatic carbocycles. The van der Waals surface area contributed by atoms with E-state index in [9.17, 15) is 10.0 Å². The zero-order valence-corrected chi connectivity index (χ0v) is 12.3. The number of rotatable bonds is 4. The van der Waals surface area contributed by atoms with Crippen LogP contribution in [0, 0.1) is 4.91 Å². The highest BCUT2D eigenvalue weighted by atomic mass is 79.9. The lowest BCUT2D eigenvalue weighted by molar-refractivity contribution is 0.413. The van der Waals surface area contributed by atoms with Gasteiger partial charge in [-0.25, -0.2) is 0 Å². The number of aliphatic hydroxyl groups excluding tert-OH is 1. The number of halogens is 1. The molecular formula is C11H16BrNO2S. The van der Waals surface area contributed by atoms with E-state index in [1.54, 1.807) is 13.0 Å². The highest BCUT2D eigenvalue weighted by Gasteiger charge is 2.15. The Labute approximate surface area is 109 Å². The average molecular weight is 306 g/mol. The predicted octanol–water partition coefficient (Wildman–Crippen LogP) is 4.87. The minimum absolute atomic E-state index is 0.0287. The molecule has 0 aliphatic heterocycles. The lowest BCUT2D eigenvalue weighted by Gasteiger charge is -2.18. The molecule has 0 saturated heterocycles. The number of hydrogen-bond acceptors (Lipinski definition) is 4. The van der Waals surface area contributed by atoms with Gasteiger partial charge >= 0.3 is 0 Å². The molecule has 3 nitrogen and oxygen atoms in total. The molecule has 1 N–H and O–H groups in total. The van der Waals surface area contributed by atoms with Gasteiger partial charge in [0.25, 0.3) is 0 Å². The topological polar surface area (TPSA) is 49.7 Å². The van der Waals surface area contributed by atoms with E-state index >= 15 is 0 Å². The second-order valence-electron chi connectivity index (χ2n) is 4.19. The highest BCUT2D eigenvalue weighted by molar-refractivity contribution is 9.12. The molecule has 0 atom stereocenters. The van der Waals surface area contributed by atoms with Crippen molar-refractivity contribution in [3.8, 4) is 0 Å². The number of allylic oxidation sites excluding steroid dienone is 3. The lowest BCUT2D eigenvalue weighted by atomic mass is 10.3. The lowest BCUT2D eigenvalue weighted by Crippen LogP contribution is -2.07. The Bertz CT molecular complexity index is 349. The van der Waals surface area contributed by atoms with Crippen LogP contribution < -0.4 is 0 Å². The summed E-state index contributed by atoms with van der Waals surface area (Å²) in [5, 5.41) is 12.3. The van der Waals surface area contributed by atoms with Crippen molar-refractivity contribution < 1.29 is 5.11 Å². The fourth-order valence-electron chi connectivity index (χ4n) is 0.780. The first-order chi connectivity index (χ1) is 7.17. The predicted molar refractivity (Wildman–Crippen MR) is 74.6 cm³/mol. The third-order valence-electron chi connectivity index (χ3n) is 1.42. The van der Waals surface area contributed by atoms with Gasteiger partial charge in [-0.2, -0.15) is 0 Å². The molecule has 0 saturated carbocycles. The second-order valence-corrected chi connectivity index (χ2v) is 6.92. The van der Waals surface area contributed by atoms with Crippen LogP contribution in [0.15, 0.2) is 38.7 Å². The third-order valence-corrected chi connectivity index (χ3v) is 3.35. The Kier molecular flexibility index (Phi) is 6.04. The normalized spacial score (nSPS) is 14.4. The van der Waals surface area contributed by atoms with Crippen LogP contribution in [0.25, 0.3) is 0 Å². The largest absolute Gasteiger partial charge is 0.511 e. The Morgan fingerprint density at radius 2 is 2.00 bits per heavy atom. The van der Waals surface area contributed by atoms with Crippen LogP contribution in [0.4, 0.5) is 0 Å². The van der Waals surface area contributed by atoms with Crippen molar-refractivity contribution in [2.75, 3.05) is 0 Å². The summed E-state index contributed by atoms with van der Waals surface area (Å²) in [6.07, 6.45) is 1.65. The molecule has 0 aromatic heterocycles. The summed E-state index contributed by atoms with van der Waals surface area (Å²) >= 11 is 4.69. The summed E-state index contributed by atoms with van der Waals surface area (Å²) in [6, 6.07) is 0. The van der Waals surface area contributed by atoms with Crippen LogP contribution in [-0.2, 0) is 0 Å². The van der Waals surface area contributed by atoms with Gasteiger partial charge in [-0.15, -0.1) is 16.7 Å². The SMILES string of the molecule is C=C(N=O)/C(Br)=C\C(SC(C)(C)C)=C(/C)O. The van der Waals surface area contributed by atoms with Crippen molar-refractivity contribution in [2.45, 2.75) is 32.4 Å². The van der Waals surface area contributed by atoms with E-state index in [1.165, 1.54) is 11.8 Å². The molecule has 90 valence electrons. The number of aliphatic hydroxyl groups is 1. The van der Waals surface area contributed by atoms with Crippen molar-refractivity contribution in [1.29, 1.82) is 0 Å². The molecule has 0 heterocycles. The van der Waals surface area contributed by atoms with Gasteiger partial charge < -0.3 is 5.11 Å². The van der Waals surface area contributed by atoms with Gasteiger partial charge in [-0.3, -0.25) is 0 Å². The summed E-state index contributed by atoms with van der Waals surface area (Å²) in [6.45, 7) is 11.2. The minimum atomic E-state index is -0.0287. The fraction of sp³-hybridized carbons (Fsp3) is 0.455. The Hall–Kier alpha value is -0.550. The van der Waals surface area contributed by atoms with E-state index in [-0.39, 0.29) is 16.2 Å². The fourth-order valence-corrected chi connectivity index (χ4v) is 2.22. The molecule has 0 aliphatic rings. The number of nitrogens with zero attached hydrogens (tertiary/aromatic N) is 1. The Morgan fingerprint density at radius 3 is 2.31 bits per heavy atom. The number of hydrogen-bond donors (Lipinski definition) is 1. The maximum absolute atomic E-state index is 10.3. The first-order valence-corrected chi connectivity index (χ1v) is 6.27. The quantitative estimate of drug-likeness (QED) is 0.458. The molecule has 5 heteroatoms. The number of nitroso groups, excluding NO2 is 1. The van der Waals surface area contributed by atoms with E-state index in [2.05, 4.69) is 27.7 Å². The van der Waals surface area contributed by atoms with Gasteiger partial charge in [0, 0.05) is 14.1 Å². The first-order valence-electron chi connectivity index (χ1n) is 4.66. The average Bonchev–Trinajstić information content (AvgIpc) is 2.13. The van der Waals surface area contributed by atoms with Gasteiger partial charge in [0.05, 0.1) is 0 Å². The van der Waals surface area contributed by atoms with E-state index in [1.807, 2.05) is 20.8 Å². The minimum Gasteiger partial charge on any atom is -0.511 e. The van der Waals surface area contributed by atoms with Crippen LogP contribution in [-0.4, -0.2) is 9.85 Å². The van der Waals surface area contributed by atoms with Gasteiger partial charge in [-0.1, -0.05) is 27.4 Å². The molecule has 0 unspecified atom stereocenters. The molecule has 0 radical (unpaired) electrons. The highest BCUT2D eigenvalue weighted by Crippen LogP contribution is 2.35. The summed E-state index contributed by atoms with van der Waals surface area (Å²) < 4.78 is 0.446. The number of thioether (sulfide) groups is 1. The molecule has 0 aromatic carbocycles. The van der Waals surface area contributed by atoms with E-state index in [0.717, 1.165) is 0 Å². The van der Waals surface area contributed by atoms with Crippen molar-refractivity contribution in [3.05, 3.63) is 38.4 Å². The monoisotopic (exact) mass is 305 g/mol. The molecule has 0 amide bonds. The molecule has 16 heavy (non-hydrogen) atoms. The zero-order valence-electron chi connectivity index (χ0n) is 9.87. The molecule has 0 spiro atoms. The summed E-state index contributed by atoms with van der Waals surface area (Å²) in [7, 11) is 0. The van der Waals surface area contributed by atoms with Gasteiger partial charge in [0.1, 0.15) is 11.5 Å². The molecular weight excluding hydrogens is 290 g/mol. The Balaban J connectivity index is 5.07. The van der Waals surface area contributed by atoms with Crippen molar-refractivity contribution in [1.82, 2.24) is 0 Å². The molecule has 0 fully saturated rings. The maximum Gasteiger partial charge on any atom is 0.115 e. The van der Waals surface area contributed by atoms with Crippen LogP contribution in [0.2, 0.25) is 0 Å². The van der Waals surface area contributed by atoms with E-state index in [4.69, 9.17) is 0 Å². The maximum atomic E-state index is 10.3. The van der Waals surface area contributed by atoms with Gasteiger partial charge in [0.2, 0.25) is 0 Å². The summed E-state index contributed by atoms with van der Waals surface area (Å²) in [5.41, 5.74) is 0.105. The molecule has 0 bridgehead atoms. The van der Waals surface area contributed by atoms with Gasteiger partial charge in [0.15, 0.2) is 0 Å². The Morgan fingerprint density at radius 1 is 1.50 bits per heavy atom. The second kappa shape index (κ2) is 6.25. The van der Waals surface area contributed by atoms with Gasteiger partial charge in [-0.05, 0) is 34.1 Å². The molecule has 0 rings (SSSR count). The van der Waals surface area contributed by atoms with E-state index < -0.39 is 0 Å². The van der Waals surface area contributed by atoms with Crippen molar-refractivity contribution in [2.24, 2.45) is 5.18 Å².